The van der Waals surface area contributed by atoms with Gasteiger partial charge in [-0.2, -0.15) is 0 Å². The minimum absolute atomic E-state index is 0.128. The zero-order valence-corrected chi connectivity index (χ0v) is 12.6. The van der Waals surface area contributed by atoms with E-state index in [1.807, 2.05) is 20.8 Å². The molecular formula is C16H24O3. The molecule has 1 rings (SSSR count). The molecule has 3 nitrogen and oxygen atoms in total. The Kier molecular flexibility index (Phi) is 4.18. The molecule has 0 spiro atoms. The van der Waals surface area contributed by atoms with Crippen LogP contribution in [0, 0.1) is 22.7 Å². The van der Waals surface area contributed by atoms with E-state index in [1.54, 1.807) is 6.08 Å². The van der Waals surface area contributed by atoms with Gasteiger partial charge in [0.1, 0.15) is 11.6 Å². The molecule has 1 saturated carbocycles. The van der Waals surface area contributed by atoms with Crippen molar-refractivity contribution in [2.75, 3.05) is 0 Å². The molecule has 0 amide bonds. The molecule has 0 aromatic heterocycles. The summed E-state index contributed by atoms with van der Waals surface area (Å²) in [5.74, 6) is -1.07. The van der Waals surface area contributed by atoms with Crippen LogP contribution in [0.4, 0.5) is 0 Å². The number of ketones is 3. The third-order valence-corrected chi connectivity index (χ3v) is 4.98. The van der Waals surface area contributed by atoms with Gasteiger partial charge in [0.25, 0.3) is 0 Å². The van der Waals surface area contributed by atoms with Gasteiger partial charge in [-0.3, -0.25) is 14.4 Å². The Balaban J connectivity index is 3.40. The predicted molar refractivity (Wildman–Crippen MR) is 74.7 cm³/mol. The molecule has 1 aliphatic rings. The summed E-state index contributed by atoms with van der Waals surface area (Å²) in [6, 6.07) is 0. The monoisotopic (exact) mass is 264 g/mol. The van der Waals surface area contributed by atoms with E-state index < -0.39 is 16.7 Å². The lowest BCUT2D eigenvalue weighted by Gasteiger charge is -2.49. The van der Waals surface area contributed by atoms with E-state index in [0.29, 0.717) is 12.8 Å². The molecule has 1 unspecified atom stereocenters. The summed E-state index contributed by atoms with van der Waals surface area (Å²) in [4.78, 5) is 36.8. The van der Waals surface area contributed by atoms with Crippen LogP contribution in [-0.4, -0.2) is 17.3 Å². The summed E-state index contributed by atoms with van der Waals surface area (Å²) < 4.78 is 0. The summed E-state index contributed by atoms with van der Waals surface area (Å²) in [7, 11) is 0. The van der Waals surface area contributed by atoms with Gasteiger partial charge in [0, 0.05) is 0 Å². The summed E-state index contributed by atoms with van der Waals surface area (Å²) in [6.07, 6.45) is 2.44. The highest BCUT2D eigenvalue weighted by atomic mass is 16.2. The van der Waals surface area contributed by atoms with Crippen molar-refractivity contribution in [1.82, 2.24) is 0 Å². The molecule has 0 aromatic carbocycles. The number of allylic oxidation sites excluding steroid dienone is 1. The van der Waals surface area contributed by atoms with Crippen LogP contribution in [0.1, 0.15) is 47.5 Å². The van der Waals surface area contributed by atoms with Crippen LogP contribution in [0.15, 0.2) is 12.7 Å². The van der Waals surface area contributed by atoms with Gasteiger partial charge in [-0.05, 0) is 38.0 Å². The molecule has 1 fully saturated rings. The van der Waals surface area contributed by atoms with Gasteiger partial charge in [-0.1, -0.05) is 26.8 Å². The van der Waals surface area contributed by atoms with Crippen molar-refractivity contribution in [3.63, 3.8) is 0 Å². The molecule has 1 aliphatic carbocycles. The van der Waals surface area contributed by atoms with Gasteiger partial charge in [-0.25, -0.2) is 0 Å². The van der Waals surface area contributed by atoms with Gasteiger partial charge in [0.2, 0.25) is 0 Å². The lowest BCUT2D eigenvalue weighted by atomic mass is 9.51. The van der Waals surface area contributed by atoms with Crippen LogP contribution in [0.3, 0.4) is 0 Å². The first kappa shape index (κ1) is 15.8. The Morgan fingerprint density at radius 1 is 1.37 bits per heavy atom. The molecule has 0 bridgehead atoms. The van der Waals surface area contributed by atoms with E-state index in [9.17, 15) is 14.4 Å². The first-order valence-corrected chi connectivity index (χ1v) is 6.78. The number of rotatable bonds is 4. The lowest BCUT2D eigenvalue weighted by Crippen LogP contribution is -2.56. The fourth-order valence-electron chi connectivity index (χ4n) is 3.38. The predicted octanol–water partition coefficient (Wildman–Crippen LogP) is 2.98. The van der Waals surface area contributed by atoms with Gasteiger partial charge in [0.05, 0.1) is 11.3 Å². The quantitative estimate of drug-likeness (QED) is 0.579. The second kappa shape index (κ2) is 5.03. The average Bonchev–Trinajstić information content (AvgIpc) is 2.25. The molecule has 3 atom stereocenters. The number of carbonyl (C=O) groups excluding carboxylic acids is 3. The van der Waals surface area contributed by atoms with Gasteiger partial charge >= 0.3 is 0 Å². The SMILES string of the molecule is C=CC[C@]1(C(C)=O)C[C@@H](C)C(C)(C)C(C(C)=O)C1=O. The number of Topliss-reactive ketones (excluding diaryl/α,β-unsaturated/α-hetero) is 3. The Morgan fingerprint density at radius 2 is 1.89 bits per heavy atom. The first-order valence-electron chi connectivity index (χ1n) is 6.78. The largest absolute Gasteiger partial charge is 0.299 e. The second-order valence-electron chi connectivity index (χ2n) is 6.47. The lowest BCUT2D eigenvalue weighted by molar-refractivity contribution is -0.157. The fourth-order valence-corrected chi connectivity index (χ4v) is 3.38. The third kappa shape index (κ3) is 2.31. The van der Waals surface area contributed by atoms with Crippen LogP contribution >= 0.6 is 0 Å². The van der Waals surface area contributed by atoms with E-state index in [1.165, 1.54) is 13.8 Å². The molecular weight excluding hydrogens is 240 g/mol. The second-order valence-corrected chi connectivity index (χ2v) is 6.47. The third-order valence-electron chi connectivity index (χ3n) is 4.98. The molecule has 0 saturated heterocycles. The van der Waals surface area contributed by atoms with Crippen LogP contribution < -0.4 is 0 Å². The normalized spacial score (nSPS) is 33.8. The summed E-state index contributed by atoms with van der Waals surface area (Å²) in [5, 5.41) is 0. The average molecular weight is 264 g/mol. The van der Waals surface area contributed by atoms with Crippen molar-refractivity contribution in [2.45, 2.75) is 47.5 Å². The minimum Gasteiger partial charge on any atom is -0.299 e. The van der Waals surface area contributed by atoms with E-state index in [2.05, 4.69) is 6.58 Å². The topological polar surface area (TPSA) is 51.2 Å². The molecule has 0 heterocycles. The van der Waals surface area contributed by atoms with Crippen molar-refractivity contribution in [2.24, 2.45) is 22.7 Å². The Morgan fingerprint density at radius 3 is 2.26 bits per heavy atom. The highest BCUT2D eigenvalue weighted by molar-refractivity contribution is 6.15. The Labute approximate surface area is 115 Å². The Bertz CT molecular complexity index is 433. The summed E-state index contributed by atoms with van der Waals surface area (Å²) >= 11 is 0. The van der Waals surface area contributed by atoms with Crippen molar-refractivity contribution < 1.29 is 14.4 Å². The molecule has 106 valence electrons. The molecule has 0 N–H and O–H groups in total. The van der Waals surface area contributed by atoms with Crippen LogP contribution in [0.2, 0.25) is 0 Å². The van der Waals surface area contributed by atoms with E-state index in [-0.39, 0.29) is 23.3 Å². The molecule has 0 radical (unpaired) electrons. The van der Waals surface area contributed by atoms with Crippen LogP contribution in [-0.2, 0) is 14.4 Å². The van der Waals surface area contributed by atoms with E-state index >= 15 is 0 Å². The molecule has 19 heavy (non-hydrogen) atoms. The maximum atomic E-state index is 12.8. The van der Waals surface area contributed by atoms with Gasteiger partial charge in [0.15, 0.2) is 5.78 Å². The maximum absolute atomic E-state index is 12.8. The van der Waals surface area contributed by atoms with Gasteiger partial charge in [-0.15, -0.1) is 6.58 Å². The smallest absolute Gasteiger partial charge is 0.157 e. The van der Waals surface area contributed by atoms with Crippen molar-refractivity contribution in [1.29, 1.82) is 0 Å². The molecule has 0 aliphatic heterocycles. The number of carbonyl (C=O) groups is 3. The van der Waals surface area contributed by atoms with Crippen molar-refractivity contribution >= 4 is 17.3 Å². The highest BCUT2D eigenvalue weighted by Gasteiger charge is 2.57. The minimum atomic E-state index is -1.05. The van der Waals surface area contributed by atoms with E-state index in [4.69, 9.17) is 0 Å². The van der Waals surface area contributed by atoms with E-state index in [0.717, 1.165) is 0 Å². The van der Waals surface area contributed by atoms with Crippen molar-refractivity contribution in [3.05, 3.63) is 12.7 Å². The first-order chi connectivity index (χ1) is 8.61. The highest BCUT2D eigenvalue weighted by Crippen LogP contribution is 2.52. The number of hydrogen-bond donors (Lipinski definition) is 0. The Hall–Kier alpha value is -1.25. The summed E-state index contributed by atoms with van der Waals surface area (Å²) in [5.41, 5.74) is -1.45. The maximum Gasteiger partial charge on any atom is 0.157 e. The standard InChI is InChI=1S/C16H24O3/c1-7-8-16(12(4)18)9-10(2)15(5,6)13(11(3)17)14(16)19/h7,10,13H,1,8-9H2,2-6H3/t10-,13?,16-/m1/s1. The molecule has 3 heteroatoms. The van der Waals surface area contributed by atoms with Crippen molar-refractivity contribution in [3.8, 4) is 0 Å². The zero-order valence-electron chi connectivity index (χ0n) is 12.6. The van der Waals surface area contributed by atoms with Gasteiger partial charge < -0.3 is 0 Å². The number of hydrogen-bond acceptors (Lipinski definition) is 3. The van der Waals surface area contributed by atoms with Crippen LogP contribution in [0.5, 0.6) is 0 Å². The molecule has 0 aromatic rings. The fraction of sp³-hybridized carbons (Fsp3) is 0.688. The zero-order chi connectivity index (χ0) is 15.0. The summed E-state index contributed by atoms with van der Waals surface area (Å²) in [6.45, 7) is 12.5. The van der Waals surface area contributed by atoms with Crippen LogP contribution in [0.25, 0.3) is 0 Å².